The van der Waals surface area contributed by atoms with Crippen LogP contribution in [0.5, 0.6) is 0 Å². The quantitative estimate of drug-likeness (QED) is 0.452. The first-order valence-corrected chi connectivity index (χ1v) is 5.42. The zero-order chi connectivity index (χ0) is 14.3. The molecule has 0 aliphatic carbocycles. The van der Waals surface area contributed by atoms with Crippen LogP contribution in [-0.4, -0.2) is 34.0 Å². The number of rotatable bonds is 8. The van der Waals surface area contributed by atoms with Gasteiger partial charge in [-0.2, -0.15) is 0 Å². The van der Waals surface area contributed by atoms with Crippen molar-refractivity contribution in [1.82, 2.24) is 5.32 Å². The number of amides is 2. The van der Waals surface area contributed by atoms with E-state index in [1.165, 1.54) is 6.92 Å². The molecule has 0 heterocycles. The molecular formula is C11H18N2O5. The maximum Gasteiger partial charge on any atom is 0.304 e. The Balaban J connectivity index is 4.40. The number of aliphatic carboxylic acids is 1. The van der Waals surface area contributed by atoms with Crippen molar-refractivity contribution in [2.75, 3.05) is 0 Å². The molecule has 0 radical (unpaired) electrons. The smallest absolute Gasteiger partial charge is 0.304 e. The van der Waals surface area contributed by atoms with Gasteiger partial charge in [-0.25, -0.2) is 0 Å². The Morgan fingerprint density at radius 3 is 2.28 bits per heavy atom. The minimum absolute atomic E-state index is 0.117. The number of nitrogens with two attached hydrogens (primary N) is 1. The van der Waals surface area contributed by atoms with E-state index in [0.717, 1.165) is 0 Å². The molecule has 0 saturated carbocycles. The fourth-order valence-electron chi connectivity index (χ4n) is 1.27. The van der Waals surface area contributed by atoms with Crippen molar-refractivity contribution in [3.8, 4) is 0 Å². The van der Waals surface area contributed by atoms with Crippen LogP contribution in [0.3, 0.4) is 0 Å². The molecule has 102 valence electrons. The molecule has 2 amide bonds. The summed E-state index contributed by atoms with van der Waals surface area (Å²) in [4.78, 5) is 33.1. The van der Waals surface area contributed by atoms with Gasteiger partial charge < -0.3 is 21.3 Å². The highest BCUT2D eigenvalue weighted by molar-refractivity contribution is 5.88. The molecule has 7 heteroatoms. The van der Waals surface area contributed by atoms with Crippen molar-refractivity contribution in [2.45, 2.75) is 32.2 Å². The maximum atomic E-state index is 11.6. The van der Waals surface area contributed by atoms with Gasteiger partial charge in [-0.1, -0.05) is 13.5 Å². The summed E-state index contributed by atoms with van der Waals surface area (Å²) in [5, 5.41) is 19.8. The first kappa shape index (κ1) is 16.0. The number of hydrogen-bond donors (Lipinski definition) is 4. The van der Waals surface area contributed by atoms with Gasteiger partial charge in [0.2, 0.25) is 11.8 Å². The van der Waals surface area contributed by atoms with Gasteiger partial charge in [0.1, 0.15) is 6.04 Å². The monoisotopic (exact) mass is 258 g/mol. The molecule has 0 aliphatic heterocycles. The van der Waals surface area contributed by atoms with Crippen molar-refractivity contribution in [3.05, 3.63) is 12.3 Å². The van der Waals surface area contributed by atoms with Gasteiger partial charge in [0.05, 0.1) is 12.2 Å². The van der Waals surface area contributed by atoms with Crippen LogP contribution in [0.25, 0.3) is 0 Å². The molecule has 0 aromatic heterocycles. The average molecular weight is 258 g/mol. The summed E-state index contributed by atoms with van der Waals surface area (Å²) in [5.41, 5.74) is 5.09. The largest absolute Gasteiger partial charge is 0.513 e. The summed E-state index contributed by atoms with van der Waals surface area (Å²) in [6, 6.07) is -0.947. The fraction of sp³-hybridized carbons (Fsp3) is 0.545. The number of carboxylic acids is 1. The van der Waals surface area contributed by atoms with Gasteiger partial charge in [-0.3, -0.25) is 14.4 Å². The van der Waals surface area contributed by atoms with Crippen LogP contribution >= 0.6 is 0 Å². The molecule has 0 fully saturated rings. The number of carboxylic acid groups (broad SMARTS) is 1. The molecule has 0 aromatic carbocycles. The summed E-state index contributed by atoms with van der Waals surface area (Å²) in [5.74, 6) is -3.29. The van der Waals surface area contributed by atoms with E-state index < -0.39 is 29.7 Å². The van der Waals surface area contributed by atoms with Crippen molar-refractivity contribution >= 4 is 17.8 Å². The maximum absolute atomic E-state index is 11.6. The standard InChI is InChI=1S/C11H18N2O5/c1-6(5-9(15)16)11(18)13-8(10(12)17)4-3-7(2)14/h6,8,14H,2-5H2,1H3,(H2,12,17)(H,13,18)(H,15,16)/t6-,8-/m0/s1. The SMILES string of the molecule is C=C(O)CC[C@H](NC(=O)[C@@H](C)CC(=O)O)C(N)=O. The number of nitrogens with one attached hydrogen (secondary N) is 1. The van der Waals surface area contributed by atoms with E-state index in [4.69, 9.17) is 15.9 Å². The second-order valence-electron chi connectivity index (χ2n) is 4.07. The molecule has 0 aromatic rings. The normalized spacial score (nSPS) is 13.4. The number of aliphatic hydroxyl groups is 1. The van der Waals surface area contributed by atoms with Crippen LogP contribution < -0.4 is 11.1 Å². The van der Waals surface area contributed by atoms with E-state index in [2.05, 4.69) is 11.9 Å². The Kier molecular flexibility index (Phi) is 6.48. The van der Waals surface area contributed by atoms with Crippen LogP contribution in [0.4, 0.5) is 0 Å². The minimum Gasteiger partial charge on any atom is -0.513 e. The number of hydrogen-bond acceptors (Lipinski definition) is 4. The van der Waals surface area contributed by atoms with Crippen molar-refractivity contribution < 1.29 is 24.6 Å². The van der Waals surface area contributed by atoms with Crippen LogP contribution in [0.2, 0.25) is 0 Å². The summed E-state index contributed by atoms with van der Waals surface area (Å²) < 4.78 is 0. The molecule has 0 saturated heterocycles. The number of aliphatic hydroxyl groups excluding tert-OH is 1. The Morgan fingerprint density at radius 1 is 1.33 bits per heavy atom. The zero-order valence-electron chi connectivity index (χ0n) is 10.2. The molecular weight excluding hydrogens is 240 g/mol. The second kappa shape index (κ2) is 7.31. The van der Waals surface area contributed by atoms with Crippen LogP contribution in [0, 0.1) is 5.92 Å². The highest BCUT2D eigenvalue weighted by atomic mass is 16.4. The topological polar surface area (TPSA) is 130 Å². The Morgan fingerprint density at radius 2 is 1.89 bits per heavy atom. The lowest BCUT2D eigenvalue weighted by atomic mass is 10.1. The van der Waals surface area contributed by atoms with E-state index in [0.29, 0.717) is 0 Å². The summed E-state index contributed by atoms with van der Waals surface area (Å²) >= 11 is 0. The van der Waals surface area contributed by atoms with Gasteiger partial charge >= 0.3 is 5.97 Å². The van der Waals surface area contributed by atoms with E-state index in [1.54, 1.807) is 0 Å². The predicted octanol–water partition coefficient (Wildman–Crippen LogP) is -0.0808. The van der Waals surface area contributed by atoms with Crippen molar-refractivity contribution in [3.63, 3.8) is 0 Å². The number of allylic oxidation sites excluding steroid dienone is 1. The zero-order valence-corrected chi connectivity index (χ0v) is 10.2. The van der Waals surface area contributed by atoms with E-state index in [9.17, 15) is 14.4 Å². The van der Waals surface area contributed by atoms with Crippen LogP contribution in [0.15, 0.2) is 12.3 Å². The molecule has 2 atom stereocenters. The van der Waals surface area contributed by atoms with Crippen LogP contribution in [0.1, 0.15) is 26.2 Å². The third-order valence-electron chi connectivity index (χ3n) is 2.31. The van der Waals surface area contributed by atoms with Gasteiger partial charge in [-0.15, -0.1) is 0 Å². The molecule has 0 spiro atoms. The lowest BCUT2D eigenvalue weighted by Gasteiger charge is -2.17. The van der Waals surface area contributed by atoms with Gasteiger partial charge in [0, 0.05) is 12.3 Å². The molecule has 7 nitrogen and oxygen atoms in total. The highest BCUT2D eigenvalue weighted by Crippen LogP contribution is 2.06. The molecule has 5 N–H and O–H groups in total. The second-order valence-corrected chi connectivity index (χ2v) is 4.07. The minimum atomic E-state index is -1.10. The molecule has 0 rings (SSSR count). The summed E-state index contributed by atoms with van der Waals surface area (Å²) in [7, 11) is 0. The first-order valence-electron chi connectivity index (χ1n) is 5.42. The van der Waals surface area contributed by atoms with E-state index in [1.807, 2.05) is 0 Å². The van der Waals surface area contributed by atoms with E-state index >= 15 is 0 Å². The van der Waals surface area contributed by atoms with E-state index in [-0.39, 0.29) is 25.0 Å². The molecule has 0 aliphatic rings. The highest BCUT2D eigenvalue weighted by Gasteiger charge is 2.22. The van der Waals surface area contributed by atoms with Gasteiger partial charge in [0.25, 0.3) is 0 Å². The molecule has 18 heavy (non-hydrogen) atoms. The summed E-state index contributed by atoms with van der Waals surface area (Å²) in [6.07, 6.45) is -0.0819. The van der Waals surface area contributed by atoms with Crippen molar-refractivity contribution in [2.24, 2.45) is 11.7 Å². The number of carbonyl (C=O) groups is 3. The Bertz CT molecular complexity index is 353. The third-order valence-corrected chi connectivity index (χ3v) is 2.31. The molecule has 0 unspecified atom stereocenters. The number of primary amides is 1. The number of carbonyl (C=O) groups excluding carboxylic acids is 2. The van der Waals surface area contributed by atoms with Gasteiger partial charge in [-0.05, 0) is 6.42 Å². The van der Waals surface area contributed by atoms with Crippen molar-refractivity contribution in [1.29, 1.82) is 0 Å². The fourth-order valence-corrected chi connectivity index (χ4v) is 1.27. The van der Waals surface area contributed by atoms with Gasteiger partial charge in [0.15, 0.2) is 0 Å². The Labute approximate surface area is 105 Å². The first-order chi connectivity index (χ1) is 8.23. The van der Waals surface area contributed by atoms with Crippen LogP contribution in [-0.2, 0) is 14.4 Å². The lowest BCUT2D eigenvalue weighted by Crippen LogP contribution is -2.46. The predicted molar refractivity (Wildman–Crippen MR) is 63.5 cm³/mol. The average Bonchev–Trinajstić information content (AvgIpc) is 2.21. The summed E-state index contributed by atoms with van der Waals surface area (Å²) in [6.45, 7) is 4.69. The third kappa shape index (κ3) is 6.51. The molecule has 0 bridgehead atoms. The Hall–Kier alpha value is -2.05. The lowest BCUT2D eigenvalue weighted by molar-refractivity contribution is -0.141.